The number of nitrogens with zero attached hydrogens (tertiary/aromatic N) is 3. The highest BCUT2D eigenvalue weighted by Gasteiger charge is 2.22. The van der Waals surface area contributed by atoms with Gasteiger partial charge < -0.3 is 5.32 Å². The van der Waals surface area contributed by atoms with Crippen molar-refractivity contribution in [1.82, 2.24) is 9.78 Å². The van der Waals surface area contributed by atoms with Crippen molar-refractivity contribution in [3.05, 3.63) is 50.5 Å². The highest BCUT2D eigenvalue weighted by molar-refractivity contribution is 6.33. The molecular weight excluding hydrogens is 315 g/mol. The van der Waals surface area contributed by atoms with Gasteiger partial charge in [-0.1, -0.05) is 11.6 Å². The number of hydrogen-bond donors (Lipinski definition) is 1. The van der Waals surface area contributed by atoms with Crippen molar-refractivity contribution >= 4 is 28.9 Å². The Labute approximate surface area is 129 Å². The number of nitrogens with one attached hydrogen (secondary N) is 1. The summed E-state index contributed by atoms with van der Waals surface area (Å²) in [5.41, 5.74) is 0.648. The first kappa shape index (κ1) is 15.9. The van der Waals surface area contributed by atoms with E-state index in [2.05, 4.69) is 10.4 Å². The van der Waals surface area contributed by atoms with Crippen LogP contribution in [0.1, 0.15) is 11.4 Å². The van der Waals surface area contributed by atoms with Crippen LogP contribution in [0.25, 0.3) is 0 Å². The number of rotatable bonds is 4. The van der Waals surface area contributed by atoms with Gasteiger partial charge in [0.2, 0.25) is 5.91 Å². The van der Waals surface area contributed by atoms with E-state index in [0.717, 1.165) is 12.1 Å². The van der Waals surface area contributed by atoms with Gasteiger partial charge in [-0.2, -0.15) is 5.10 Å². The summed E-state index contributed by atoms with van der Waals surface area (Å²) < 4.78 is 14.2. The molecule has 1 aromatic heterocycles. The molecule has 0 saturated heterocycles. The molecule has 0 saturated carbocycles. The summed E-state index contributed by atoms with van der Waals surface area (Å²) in [6, 6.07) is 3.57. The van der Waals surface area contributed by atoms with E-state index in [9.17, 15) is 19.3 Å². The van der Waals surface area contributed by atoms with Gasteiger partial charge in [0.1, 0.15) is 23.7 Å². The standard InChI is InChI=1S/C13H12ClFN4O3/c1-7-13(19(21)22)8(2)18(17-7)6-12(20)16-11-4-3-9(15)5-10(11)14/h3-5H,6H2,1-2H3,(H,16,20). The van der Waals surface area contributed by atoms with Crippen LogP contribution in [-0.2, 0) is 11.3 Å². The van der Waals surface area contributed by atoms with Crippen molar-refractivity contribution in [2.75, 3.05) is 5.32 Å². The summed E-state index contributed by atoms with van der Waals surface area (Å²) >= 11 is 5.81. The quantitative estimate of drug-likeness (QED) is 0.691. The van der Waals surface area contributed by atoms with Gasteiger partial charge in [-0.3, -0.25) is 19.6 Å². The Hall–Kier alpha value is -2.48. The van der Waals surface area contributed by atoms with E-state index in [1.165, 1.54) is 24.6 Å². The molecule has 7 nitrogen and oxygen atoms in total. The first-order valence-electron chi connectivity index (χ1n) is 6.23. The number of anilines is 1. The van der Waals surface area contributed by atoms with Crippen molar-refractivity contribution in [2.45, 2.75) is 20.4 Å². The number of nitro groups is 1. The molecule has 0 aliphatic heterocycles. The maximum atomic E-state index is 12.9. The summed E-state index contributed by atoms with van der Waals surface area (Å²) in [5, 5.41) is 17.4. The van der Waals surface area contributed by atoms with Crippen LogP contribution < -0.4 is 5.32 Å². The lowest BCUT2D eigenvalue weighted by molar-refractivity contribution is -0.386. The predicted molar refractivity (Wildman–Crippen MR) is 78.4 cm³/mol. The fourth-order valence-corrected chi connectivity index (χ4v) is 2.24. The lowest BCUT2D eigenvalue weighted by Gasteiger charge is -2.08. The molecule has 1 heterocycles. The second-order valence-electron chi connectivity index (χ2n) is 4.61. The van der Waals surface area contributed by atoms with Gasteiger partial charge in [-0.25, -0.2) is 4.39 Å². The molecule has 0 aliphatic rings. The zero-order chi connectivity index (χ0) is 16.4. The van der Waals surface area contributed by atoms with Crippen LogP contribution >= 0.6 is 11.6 Å². The molecule has 2 rings (SSSR count). The molecule has 0 fully saturated rings. The van der Waals surface area contributed by atoms with Gasteiger partial charge in [0, 0.05) is 0 Å². The minimum Gasteiger partial charge on any atom is -0.323 e. The Morgan fingerprint density at radius 2 is 2.18 bits per heavy atom. The second-order valence-corrected chi connectivity index (χ2v) is 5.01. The van der Waals surface area contributed by atoms with Crippen molar-refractivity contribution in [3.63, 3.8) is 0 Å². The number of aryl methyl sites for hydroxylation is 1. The summed E-state index contributed by atoms with van der Waals surface area (Å²) in [6.07, 6.45) is 0. The molecule has 0 radical (unpaired) electrons. The number of benzene rings is 1. The van der Waals surface area contributed by atoms with E-state index in [1.54, 1.807) is 0 Å². The van der Waals surface area contributed by atoms with Crippen molar-refractivity contribution in [2.24, 2.45) is 0 Å². The van der Waals surface area contributed by atoms with Gasteiger partial charge in [0.15, 0.2) is 0 Å². The summed E-state index contributed by atoms with van der Waals surface area (Å²) in [4.78, 5) is 22.3. The van der Waals surface area contributed by atoms with Gasteiger partial charge >= 0.3 is 5.69 Å². The molecule has 2 aromatic rings. The smallest absolute Gasteiger partial charge is 0.312 e. The molecule has 0 bridgehead atoms. The lowest BCUT2D eigenvalue weighted by atomic mass is 10.3. The van der Waals surface area contributed by atoms with Crippen LogP contribution in [0.15, 0.2) is 18.2 Å². The molecule has 0 unspecified atom stereocenters. The molecule has 22 heavy (non-hydrogen) atoms. The molecule has 0 aliphatic carbocycles. The van der Waals surface area contributed by atoms with Crippen molar-refractivity contribution < 1.29 is 14.1 Å². The van der Waals surface area contributed by atoms with E-state index in [4.69, 9.17) is 11.6 Å². The van der Waals surface area contributed by atoms with Gasteiger partial charge in [0.05, 0.1) is 15.6 Å². The predicted octanol–water partition coefficient (Wildman–Crippen LogP) is 2.84. The van der Waals surface area contributed by atoms with Gasteiger partial charge in [-0.05, 0) is 32.0 Å². The largest absolute Gasteiger partial charge is 0.323 e. The van der Waals surface area contributed by atoms with E-state index in [0.29, 0.717) is 0 Å². The van der Waals surface area contributed by atoms with Crippen molar-refractivity contribution in [1.29, 1.82) is 0 Å². The number of hydrogen-bond acceptors (Lipinski definition) is 4. The number of halogens is 2. The average molecular weight is 327 g/mol. The molecule has 1 aromatic carbocycles. The first-order chi connectivity index (χ1) is 10.3. The third kappa shape index (κ3) is 3.22. The second kappa shape index (κ2) is 6.10. The number of amides is 1. The first-order valence-corrected chi connectivity index (χ1v) is 6.60. The van der Waals surface area contributed by atoms with Crippen LogP contribution in [-0.4, -0.2) is 20.6 Å². The third-order valence-corrected chi connectivity index (χ3v) is 3.34. The molecule has 1 amide bonds. The maximum Gasteiger partial charge on any atom is 0.312 e. The van der Waals surface area contributed by atoms with Crippen LogP contribution in [0, 0.1) is 29.8 Å². The molecule has 1 N–H and O–H groups in total. The van der Waals surface area contributed by atoms with Gasteiger partial charge in [0.25, 0.3) is 0 Å². The SMILES string of the molecule is Cc1nn(CC(=O)Nc2ccc(F)cc2Cl)c(C)c1[N+](=O)[O-]. The Morgan fingerprint density at radius 1 is 1.50 bits per heavy atom. The van der Waals surface area contributed by atoms with E-state index < -0.39 is 16.6 Å². The van der Waals surface area contributed by atoms with E-state index >= 15 is 0 Å². The molecular formula is C13H12ClFN4O3. The Morgan fingerprint density at radius 3 is 2.73 bits per heavy atom. The highest BCUT2D eigenvalue weighted by atomic mass is 35.5. The monoisotopic (exact) mass is 326 g/mol. The fraction of sp³-hybridized carbons (Fsp3) is 0.231. The van der Waals surface area contributed by atoms with E-state index in [-0.39, 0.29) is 34.3 Å². The van der Waals surface area contributed by atoms with Crippen LogP contribution in [0.3, 0.4) is 0 Å². The Kier molecular flexibility index (Phi) is 4.41. The summed E-state index contributed by atoms with van der Waals surface area (Å²) in [6.45, 7) is 2.79. The van der Waals surface area contributed by atoms with Crippen LogP contribution in [0.4, 0.5) is 15.8 Å². The minimum atomic E-state index is -0.539. The summed E-state index contributed by atoms with van der Waals surface area (Å²) in [5.74, 6) is -0.994. The van der Waals surface area contributed by atoms with Crippen LogP contribution in [0.2, 0.25) is 5.02 Å². The maximum absolute atomic E-state index is 12.9. The zero-order valence-corrected chi connectivity index (χ0v) is 12.5. The zero-order valence-electron chi connectivity index (χ0n) is 11.8. The number of carbonyl (C=O) groups is 1. The molecule has 9 heteroatoms. The Bertz CT molecular complexity index is 760. The van der Waals surface area contributed by atoms with Gasteiger partial charge in [-0.15, -0.1) is 0 Å². The fourth-order valence-electron chi connectivity index (χ4n) is 2.02. The topological polar surface area (TPSA) is 90.1 Å². The third-order valence-electron chi connectivity index (χ3n) is 3.02. The Balaban J connectivity index is 2.16. The molecule has 0 spiro atoms. The molecule has 116 valence electrons. The summed E-state index contributed by atoms with van der Waals surface area (Å²) in [7, 11) is 0. The van der Waals surface area contributed by atoms with E-state index in [1.807, 2.05) is 0 Å². The minimum absolute atomic E-state index is 0.0627. The lowest BCUT2D eigenvalue weighted by Crippen LogP contribution is -2.20. The van der Waals surface area contributed by atoms with Crippen molar-refractivity contribution in [3.8, 4) is 0 Å². The normalized spacial score (nSPS) is 10.5. The molecule has 0 atom stereocenters. The van der Waals surface area contributed by atoms with Crippen LogP contribution in [0.5, 0.6) is 0 Å². The average Bonchev–Trinajstić information content (AvgIpc) is 2.67. The number of aromatic nitrogens is 2. The number of carbonyl (C=O) groups excluding carboxylic acids is 1. The highest BCUT2D eigenvalue weighted by Crippen LogP contribution is 2.24.